The van der Waals surface area contributed by atoms with E-state index in [0.29, 0.717) is 13.0 Å². The average Bonchev–Trinajstić information content (AvgIpc) is 2.90. The summed E-state index contributed by atoms with van der Waals surface area (Å²) in [6.07, 6.45) is 4.80. The summed E-state index contributed by atoms with van der Waals surface area (Å²) >= 11 is 0. The molecule has 0 saturated carbocycles. The lowest BCUT2D eigenvalue weighted by atomic mass is 10.2. The first kappa shape index (κ1) is 16.9. The van der Waals surface area contributed by atoms with Crippen LogP contribution in [0.5, 0.6) is 0 Å². The van der Waals surface area contributed by atoms with E-state index in [4.69, 9.17) is 0 Å². The molecule has 8 nitrogen and oxygen atoms in total. The molecule has 0 spiro atoms. The van der Waals surface area contributed by atoms with E-state index in [9.17, 15) is 4.79 Å². The first-order valence-electron chi connectivity index (χ1n) is 7.01. The maximum absolute atomic E-state index is 10.9. The molecule has 118 valence electrons. The summed E-state index contributed by atoms with van der Waals surface area (Å²) < 4.78 is 6.31. The molecule has 1 aromatic rings. The van der Waals surface area contributed by atoms with Crippen molar-refractivity contribution in [1.82, 2.24) is 25.4 Å². The van der Waals surface area contributed by atoms with Crippen molar-refractivity contribution in [2.24, 2.45) is 12.0 Å². The molecule has 2 N–H and O–H groups in total. The van der Waals surface area contributed by atoms with Crippen LogP contribution >= 0.6 is 0 Å². The number of nitrogens with zero attached hydrogens (tertiary/aromatic N) is 4. The molecule has 0 aliphatic heterocycles. The van der Waals surface area contributed by atoms with Crippen molar-refractivity contribution in [3.63, 3.8) is 0 Å². The Morgan fingerprint density at radius 1 is 1.38 bits per heavy atom. The van der Waals surface area contributed by atoms with E-state index < -0.39 is 0 Å². The number of aromatic nitrogens is 3. The number of carbonyl (C=O) groups excluding carboxylic acids is 1. The molecule has 0 radical (unpaired) electrons. The van der Waals surface area contributed by atoms with Crippen molar-refractivity contribution < 1.29 is 9.53 Å². The molecule has 0 atom stereocenters. The molecule has 1 aromatic heterocycles. The number of hydrogen-bond acceptors (Lipinski definition) is 5. The number of rotatable bonds is 8. The third kappa shape index (κ3) is 6.73. The highest BCUT2D eigenvalue weighted by atomic mass is 16.5. The van der Waals surface area contributed by atoms with Crippen LogP contribution in [0.15, 0.2) is 11.3 Å². The Morgan fingerprint density at radius 3 is 2.81 bits per heavy atom. The highest BCUT2D eigenvalue weighted by Gasteiger charge is 2.03. The number of unbranched alkanes of at least 4 members (excludes halogenated alkanes) is 2. The number of nitrogens with one attached hydrogen (secondary N) is 2. The largest absolute Gasteiger partial charge is 0.469 e. The van der Waals surface area contributed by atoms with E-state index in [2.05, 4.69) is 30.4 Å². The van der Waals surface area contributed by atoms with E-state index in [1.807, 2.05) is 7.05 Å². The molecule has 0 saturated heterocycles. The van der Waals surface area contributed by atoms with Gasteiger partial charge in [0.1, 0.15) is 12.2 Å². The van der Waals surface area contributed by atoms with Gasteiger partial charge in [-0.25, -0.2) is 4.98 Å². The van der Waals surface area contributed by atoms with Crippen molar-refractivity contribution in [2.45, 2.75) is 32.2 Å². The third-order valence-corrected chi connectivity index (χ3v) is 3.02. The van der Waals surface area contributed by atoms with Crippen molar-refractivity contribution >= 4 is 11.9 Å². The SMILES string of the molecule is CN=C(NCCCCCC(=O)OC)NCc1ncnn1C. The topological polar surface area (TPSA) is 93.4 Å². The Morgan fingerprint density at radius 2 is 2.19 bits per heavy atom. The summed E-state index contributed by atoms with van der Waals surface area (Å²) in [4.78, 5) is 19.2. The summed E-state index contributed by atoms with van der Waals surface area (Å²) in [6.45, 7) is 1.37. The van der Waals surface area contributed by atoms with E-state index in [1.54, 1.807) is 11.7 Å². The van der Waals surface area contributed by atoms with Crippen LogP contribution in [0, 0.1) is 0 Å². The number of ether oxygens (including phenoxy) is 1. The van der Waals surface area contributed by atoms with Gasteiger partial charge in [-0.3, -0.25) is 14.5 Å². The summed E-state index contributed by atoms with van der Waals surface area (Å²) in [6, 6.07) is 0. The molecule has 1 rings (SSSR count). The molecule has 0 aromatic carbocycles. The fourth-order valence-electron chi connectivity index (χ4n) is 1.74. The second-order valence-electron chi connectivity index (χ2n) is 4.54. The molecule has 0 unspecified atom stereocenters. The van der Waals surface area contributed by atoms with Crippen LogP contribution in [0.25, 0.3) is 0 Å². The van der Waals surface area contributed by atoms with Gasteiger partial charge in [-0.15, -0.1) is 0 Å². The quantitative estimate of drug-likeness (QED) is 0.308. The monoisotopic (exact) mass is 296 g/mol. The fourth-order valence-corrected chi connectivity index (χ4v) is 1.74. The van der Waals surface area contributed by atoms with E-state index in [1.165, 1.54) is 13.4 Å². The van der Waals surface area contributed by atoms with Crippen LogP contribution in [0.2, 0.25) is 0 Å². The highest BCUT2D eigenvalue weighted by Crippen LogP contribution is 2.00. The van der Waals surface area contributed by atoms with Gasteiger partial charge in [-0.1, -0.05) is 6.42 Å². The fraction of sp³-hybridized carbons (Fsp3) is 0.692. The number of aryl methyl sites for hydroxylation is 1. The van der Waals surface area contributed by atoms with Gasteiger partial charge in [-0.05, 0) is 12.8 Å². The number of esters is 1. The second kappa shape index (κ2) is 9.73. The number of carbonyl (C=O) groups is 1. The molecule has 1 heterocycles. The zero-order valence-electron chi connectivity index (χ0n) is 12.9. The minimum atomic E-state index is -0.149. The van der Waals surface area contributed by atoms with Crippen molar-refractivity contribution in [3.8, 4) is 0 Å². The average molecular weight is 296 g/mol. The van der Waals surface area contributed by atoms with E-state index in [0.717, 1.165) is 37.6 Å². The molecule has 0 aliphatic rings. The molecule has 21 heavy (non-hydrogen) atoms. The Hall–Kier alpha value is -2.12. The van der Waals surface area contributed by atoms with Gasteiger partial charge in [0.25, 0.3) is 0 Å². The molecular formula is C13H24N6O2. The van der Waals surface area contributed by atoms with Gasteiger partial charge < -0.3 is 15.4 Å². The van der Waals surface area contributed by atoms with Gasteiger partial charge in [-0.2, -0.15) is 5.10 Å². The summed E-state index contributed by atoms with van der Waals surface area (Å²) in [5.41, 5.74) is 0. The minimum absolute atomic E-state index is 0.149. The highest BCUT2D eigenvalue weighted by molar-refractivity contribution is 5.79. The molecule has 0 amide bonds. The maximum Gasteiger partial charge on any atom is 0.305 e. The lowest BCUT2D eigenvalue weighted by Gasteiger charge is -2.11. The number of aliphatic imine (C=N–C) groups is 1. The summed E-state index contributed by atoms with van der Waals surface area (Å²) in [5, 5.41) is 10.4. The van der Waals surface area contributed by atoms with Crippen molar-refractivity contribution in [3.05, 3.63) is 12.2 Å². The lowest BCUT2D eigenvalue weighted by Crippen LogP contribution is -2.37. The molecular weight excluding hydrogens is 272 g/mol. The van der Waals surface area contributed by atoms with E-state index >= 15 is 0 Å². The zero-order chi connectivity index (χ0) is 15.5. The Kier molecular flexibility index (Phi) is 7.85. The smallest absolute Gasteiger partial charge is 0.305 e. The van der Waals surface area contributed by atoms with Gasteiger partial charge in [0, 0.05) is 27.1 Å². The van der Waals surface area contributed by atoms with Crippen molar-refractivity contribution in [2.75, 3.05) is 20.7 Å². The van der Waals surface area contributed by atoms with Crippen LogP contribution < -0.4 is 10.6 Å². The molecule has 8 heteroatoms. The first-order chi connectivity index (χ1) is 10.2. The Balaban J connectivity index is 2.12. The number of hydrogen-bond donors (Lipinski definition) is 2. The van der Waals surface area contributed by atoms with Crippen LogP contribution in [0.4, 0.5) is 0 Å². The minimum Gasteiger partial charge on any atom is -0.469 e. The predicted molar refractivity (Wildman–Crippen MR) is 79.7 cm³/mol. The van der Waals surface area contributed by atoms with Crippen LogP contribution in [0.3, 0.4) is 0 Å². The number of guanidine groups is 1. The number of methoxy groups -OCH3 is 1. The van der Waals surface area contributed by atoms with Crippen molar-refractivity contribution in [1.29, 1.82) is 0 Å². The Bertz CT molecular complexity index is 457. The normalized spacial score (nSPS) is 11.3. The lowest BCUT2D eigenvalue weighted by molar-refractivity contribution is -0.140. The first-order valence-corrected chi connectivity index (χ1v) is 7.01. The summed E-state index contributed by atoms with van der Waals surface area (Å²) in [7, 11) is 4.99. The van der Waals surface area contributed by atoms with Crippen LogP contribution in [-0.2, 0) is 23.1 Å². The van der Waals surface area contributed by atoms with Crippen LogP contribution in [-0.4, -0.2) is 47.4 Å². The maximum atomic E-state index is 10.9. The molecule has 0 bridgehead atoms. The molecule has 0 aliphatic carbocycles. The summed E-state index contributed by atoms with van der Waals surface area (Å²) in [5.74, 6) is 1.42. The predicted octanol–water partition coefficient (Wildman–Crippen LogP) is 0.214. The standard InChI is InChI=1S/C13H24N6O2/c1-14-13(16-9-11-17-10-18-19(11)2)15-8-6-4-5-7-12(20)21-3/h10H,4-9H2,1-3H3,(H2,14,15,16). The van der Waals surface area contributed by atoms with Gasteiger partial charge in [0.15, 0.2) is 5.96 Å². The zero-order valence-corrected chi connectivity index (χ0v) is 12.9. The van der Waals surface area contributed by atoms with E-state index in [-0.39, 0.29) is 5.97 Å². The van der Waals surface area contributed by atoms with Crippen LogP contribution in [0.1, 0.15) is 31.5 Å². The second-order valence-corrected chi connectivity index (χ2v) is 4.54. The van der Waals surface area contributed by atoms with Gasteiger partial charge in [0.05, 0.1) is 13.7 Å². The Labute approximate surface area is 125 Å². The molecule has 0 fully saturated rings. The van der Waals surface area contributed by atoms with Gasteiger partial charge >= 0.3 is 5.97 Å². The third-order valence-electron chi connectivity index (χ3n) is 3.02. The van der Waals surface area contributed by atoms with Gasteiger partial charge in [0.2, 0.25) is 0 Å².